The Kier molecular flexibility index (Phi) is 4.75. The van der Waals surface area contributed by atoms with Crippen molar-refractivity contribution in [1.82, 2.24) is 4.90 Å². The van der Waals surface area contributed by atoms with Crippen molar-refractivity contribution in [1.29, 1.82) is 0 Å². The number of hydrogen-bond acceptors (Lipinski definition) is 4. The van der Waals surface area contributed by atoms with E-state index in [1.807, 2.05) is 6.07 Å². The summed E-state index contributed by atoms with van der Waals surface area (Å²) in [6, 6.07) is 13.1. The molecule has 0 unspecified atom stereocenters. The fourth-order valence-electron chi connectivity index (χ4n) is 3.85. The number of piperidine rings is 1. The number of carbonyl (C=O) groups is 2. The number of hydrogen-bond donors (Lipinski definition) is 0. The number of benzene rings is 2. The van der Waals surface area contributed by atoms with Crippen LogP contribution in [0.25, 0.3) is 0 Å². The molecule has 1 saturated heterocycles. The Balaban J connectivity index is 1.48. The van der Waals surface area contributed by atoms with Gasteiger partial charge in [-0.15, -0.1) is 0 Å². The Morgan fingerprint density at radius 1 is 1.07 bits per heavy atom. The smallest absolute Gasteiger partial charge is 0.387 e. The van der Waals surface area contributed by atoms with Crippen LogP contribution < -0.4 is 9.47 Å². The lowest BCUT2D eigenvalue weighted by molar-refractivity contribution is -0.0503. The first-order valence-corrected chi connectivity index (χ1v) is 9.12. The van der Waals surface area contributed by atoms with Gasteiger partial charge in [0.2, 0.25) is 0 Å². The molecule has 0 bridgehead atoms. The summed E-state index contributed by atoms with van der Waals surface area (Å²) in [5.74, 6) is 0.112. The summed E-state index contributed by atoms with van der Waals surface area (Å²) in [5.41, 5.74) is 0.0655. The van der Waals surface area contributed by atoms with Crippen molar-refractivity contribution >= 4 is 11.7 Å². The summed E-state index contributed by atoms with van der Waals surface area (Å²) in [5, 5.41) is 0. The molecule has 0 aromatic heterocycles. The standard InChI is InChI=1S/C21H19F2NO4/c22-20(23)27-17-7-3-2-6-15(17)19(26)24-11-9-21(10-12-24)13-16(25)14-5-1-4-8-18(14)28-21/h1-8,20H,9-13H2. The van der Waals surface area contributed by atoms with Crippen LogP contribution in [0.2, 0.25) is 0 Å². The van der Waals surface area contributed by atoms with Crippen molar-refractivity contribution in [3.63, 3.8) is 0 Å². The predicted octanol–water partition coefficient (Wildman–Crippen LogP) is 3.93. The summed E-state index contributed by atoms with van der Waals surface area (Å²) in [7, 11) is 0. The SMILES string of the molecule is O=C1CC2(CCN(C(=O)c3ccccc3OC(F)F)CC2)Oc2ccccc21. The fourth-order valence-corrected chi connectivity index (χ4v) is 3.85. The number of nitrogens with zero attached hydrogens (tertiary/aromatic N) is 1. The number of Topliss-reactive ketones (excluding diaryl/α,β-unsaturated/α-hetero) is 1. The largest absolute Gasteiger partial charge is 0.486 e. The fraction of sp³-hybridized carbons (Fsp3) is 0.333. The maximum atomic E-state index is 12.8. The number of amides is 1. The molecule has 2 aromatic carbocycles. The van der Waals surface area contributed by atoms with Gasteiger partial charge in [-0.3, -0.25) is 9.59 Å². The van der Waals surface area contributed by atoms with Crippen LogP contribution >= 0.6 is 0 Å². The summed E-state index contributed by atoms with van der Waals surface area (Å²) in [4.78, 5) is 26.9. The van der Waals surface area contributed by atoms with Gasteiger partial charge < -0.3 is 14.4 Å². The van der Waals surface area contributed by atoms with E-state index in [0.717, 1.165) is 0 Å². The molecular weight excluding hydrogens is 368 g/mol. The van der Waals surface area contributed by atoms with Gasteiger partial charge in [0.15, 0.2) is 5.78 Å². The number of fused-ring (bicyclic) bond motifs is 1. The van der Waals surface area contributed by atoms with E-state index in [-0.39, 0.29) is 29.4 Å². The van der Waals surface area contributed by atoms with Gasteiger partial charge in [0.25, 0.3) is 5.91 Å². The quantitative estimate of drug-likeness (QED) is 0.801. The van der Waals surface area contributed by atoms with Crippen LogP contribution in [0.5, 0.6) is 11.5 Å². The maximum Gasteiger partial charge on any atom is 0.387 e. The molecule has 146 valence electrons. The summed E-state index contributed by atoms with van der Waals surface area (Å²) < 4.78 is 35.8. The minimum atomic E-state index is -3.00. The van der Waals surface area contributed by atoms with Crippen molar-refractivity contribution in [2.75, 3.05) is 13.1 Å². The highest BCUT2D eigenvalue weighted by Crippen LogP contribution is 2.39. The van der Waals surface area contributed by atoms with Crippen LogP contribution in [0.3, 0.4) is 0 Å². The van der Waals surface area contributed by atoms with E-state index in [9.17, 15) is 18.4 Å². The van der Waals surface area contributed by atoms with Gasteiger partial charge in [-0.05, 0) is 24.3 Å². The number of para-hydroxylation sites is 2. The maximum absolute atomic E-state index is 12.8. The van der Waals surface area contributed by atoms with Crippen LogP contribution in [-0.4, -0.2) is 41.9 Å². The van der Waals surface area contributed by atoms with Gasteiger partial charge in [0, 0.05) is 25.9 Å². The lowest BCUT2D eigenvalue weighted by atomic mass is 9.82. The zero-order valence-corrected chi connectivity index (χ0v) is 15.1. The second-order valence-electron chi connectivity index (χ2n) is 7.05. The Labute approximate surface area is 160 Å². The first-order valence-electron chi connectivity index (χ1n) is 9.12. The van der Waals surface area contributed by atoms with Gasteiger partial charge in [-0.1, -0.05) is 24.3 Å². The summed E-state index contributed by atoms with van der Waals surface area (Å²) in [6.07, 6.45) is 1.27. The highest BCUT2D eigenvalue weighted by Gasteiger charge is 2.43. The first kappa shape index (κ1) is 18.4. The molecule has 1 fully saturated rings. The van der Waals surface area contributed by atoms with Crippen LogP contribution in [0.4, 0.5) is 8.78 Å². The summed E-state index contributed by atoms with van der Waals surface area (Å²) in [6.45, 7) is -2.26. The molecule has 2 aliphatic rings. The molecule has 2 aliphatic heterocycles. The third-order valence-electron chi connectivity index (χ3n) is 5.29. The number of rotatable bonds is 3. The molecule has 0 radical (unpaired) electrons. The highest BCUT2D eigenvalue weighted by atomic mass is 19.3. The molecule has 5 nitrogen and oxygen atoms in total. The number of likely N-dealkylation sites (tertiary alicyclic amines) is 1. The van der Waals surface area contributed by atoms with Crippen molar-refractivity contribution in [2.45, 2.75) is 31.5 Å². The number of ketones is 1. The van der Waals surface area contributed by atoms with Gasteiger partial charge in [0.1, 0.15) is 17.1 Å². The molecule has 0 atom stereocenters. The number of halogens is 2. The third kappa shape index (κ3) is 3.44. The first-order chi connectivity index (χ1) is 13.5. The monoisotopic (exact) mass is 387 g/mol. The van der Waals surface area contributed by atoms with Gasteiger partial charge in [-0.2, -0.15) is 8.78 Å². The van der Waals surface area contributed by atoms with Crippen molar-refractivity contribution in [2.24, 2.45) is 0 Å². The number of ether oxygens (including phenoxy) is 2. The summed E-state index contributed by atoms with van der Waals surface area (Å²) >= 11 is 0. The van der Waals surface area contributed by atoms with Crippen LogP contribution in [0.1, 0.15) is 40.0 Å². The topological polar surface area (TPSA) is 55.8 Å². The molecule has 2 aromatic rings. The highest BCUT2D eigenvalue weighted by molar-refractivity contribution is 6.00. The minimum Gasteiger partial charge on any atom is -0.486 e. The minimum absolute atomic E-state index is 0.0392. The zero-order valence-electron chi connectivity index (χ0n) is 15.1. The second kappa shape index (κ2) is 7.22. The van der Waals surface area contributed by atoms with E-state index in [4.69, 9.17) is 4.74 Å². The molecule has 1 spiro atoms. The lowest BCUT2D eigenvalue weighted by Gasteiger charge is -2.44. The Morgan fingerprint density at radius 2 is 1.75 bits per heavy atom. The molecule has 0 aliphatic carbocycles. The molecule has 7 heteroatoms. The van der Waals surface area contributed by atoms with E-state index in [2.05, 4.69) is 4.74 Å². The molecule has 4 rings (SSSR count). The normalized spacial score (nSPS) is 18.0. The number of carbonyl (C=O) groups excluding carboxylic acids is 2. The van der Waals surface area contributed by atoms with E-state index >= 15 is 0 Å². The molecule has 0 saturated carbocycles. The van der Waals surface area contributed by atoms with E-state index in [0.29, 0.717) is 37.2 Å². The van der Waals surface area contributed by atoms with Gasteiger partial charge >= 0.3 is 6.61 Å². The molecule has 28 heavy (non-hydrogen) atoms. The van der Waals surface area contributed by atoms with E-state index < -0.39 is 12.2 Å². The third-order valence-corrected chi connectivity index (χ3v) is 5.29. The zero-order chi connectivity index (χ0) is 19.7. The average Bonchev–Trinajstić information content (AvgIpc) is 2.68. The van der Waals surface area contributed by atoms with Crippen LogP contribution in [0, 0.1) is 0 Å². The van der Waals surface area contributed by atoms with Crippen molar-refractivity contribution < 1.29 is 27.8 Å². The van der Waals surface area contributed by atoms with Crippen molar-refractivity contribution in [3.8, 4) is 11.5 Å². The average molecular weight is 387 g/mol. The van der Waals surface area contributed by atoms with Gasteiger partial charge in [0.05, 0.1) is 17.5 Å². The Bertz CT molecular complexity index is 907. The molecular formula is C21H19F2NO4. The second-order valence-corrected chi connectivity index (χ2v) is 7.05. The predicted molar refractivity (Wildman–Crippen MR) is 97.0 cm³/mol. The van der Waals surface area contributed by atoms with E-state index in [1.54, 1.807) is 35.2 Å². The Hall–Kier alpha value is -2.96. The Morgan fingerprint density at radius 3 is 2.50 bits per heavy atom. The van der Waals surface area contributed by atoms with Crippen LogP contribution in [0.15, 0.2) is 48.5 Å². The number of alkyl halides is 2. The van der Waals surface area contributed by atoms with Gasteiger partial charge in [-0.25, -0.2) is 0 Å². The van der Waals surface area contributed by atoms with Crippen LogP contribution in [-0.2, 0) is 0 Å². The lowest BCUT2D eigenvalue weighted by Crippen LogP contribution is -2.52. The molecule has 0 N–H and O–H groups in total. The molecule has 2 heterocycles. The molecule has 1 amide bonds. The van der Waals surface area contributed by atoms with E-state index in [1.165, 1.54) is 12.1 Å². The van der Waals surface area contributed by atoms with Crippen molar-refractivity contribution in [3.05, 3.63) is 59.7 Å².